The van der Waals surface area contributed by atoms with Crippen LogP contribution in [-0.2, 0) is 0 Å². The number of hydrogen-bond donors (Lipinski definition) is 0. The Hall–Kier alpha value is -1.94. The van der Waals surface area contributed by atoms with E-state index in [1.54, 1.807) is 6.07 Å². The van der Waals surface area contributed by atoms with Gasteiger partial charge in [-0.15, -0.1) is 0 Å². The molecule has 0 N–H and O–H groups in total. The normalized spacial score (nSPS) is 10.0. The van der Waals surface area contributed by atoms with E-state index in [9.17, 15) is 9.18 Å². The van der Waals surface area contributed by atoms with E-state index in [0.717, 1.165) is 6.07 Å². The first kappa shape index (κ1) is 11.5. The highest BCUT2D eigenvalue weighted by atomic mass is 35.5. The summed E-state index contributed by atoms with van der Waals surface area (Å²) in [6, 6.07) is 7.03. The Bertz CT molecular complexity index is 543. The van der Waals surface area contributed by atoms with E-state index < -0.39 is 5.82 Å². The van der Waals surface area contributed by atoms with Gasteiger partial charge in [0.05, 0.1) is 5.02 Å². The summed E-state index contributed by atoms with van der Waals surface area (Å²) in [6.07, 6.45) is 1.96. The Morgan fingerprint density at radius 1 is 1.29 bits per heavy atom. The predicted molar refractivity (Wildman–Crippen MR) is 61.1 cm³/mol. The molecule has 0 aliphatic heterocycles. The summed E-state index contributed by atoms with van der Waals surface area (Å²) in [5.41, 5.74) is 0.249. The van der Waals surface area contributed by atoms with Crippen LogP contribution < -0.4 is 4.74 Å². The van der Waals surface area contributed by atoms with E-state index in [1.807, 2.05) is 0 Å². The molecule has 1 aromatic heterocycles. The van der Waals surface area contributed by atoms with Gasteiger partial charge in [-0.05, 0) is 24.3 Å². The fraction of sp³-hybridized carbons (Fsp3) is 0. The molecule has 0 bridgehead atoms. The molecule has 0 atom stereocenters. The van der Waals surface area contributed by atoms with E-state index in [0.29, 0.717) is 11.3 Å². The molecule has 0 amide bonds. The van der Waals surface area contributed by atoms with E-state index in [4.69, 9.17) is 16.3 Å². The SMILES string of the molecule is O=Cc1ccc(Oc2ccc(Cl)cn2)c(F)c1. The van der Waals surface area contributed by atoms with Gasteiger partial charge in [-0.2, -0.15) is 0 Å². The molecule has 0 spiro atoms. The van der Waals surface area contributed by atoms with Gasteiger partial charge in [0.1, 0.15) is 6.29 Å². The molecule has 3 nitrogen and oxygen atoms in total. The van der Waals surface area contributed by atoms with Crippen LogP contribution in [0.3, 0.4) is 0 Å². The number of carbonyl (C=O) groups excluding carboxylic acids is 1. The number of pyridine rings is 1. The van der Waals surface area contributed by atoms with Crippen LogP contribution in [0.1, 0.15) is 10.4 Å². The smallest absolute Gasteiger partial charge is 0.219 e. The van der Waals surface area contributed by atoms with Crippen molar-refractivity contribution in [3.63, 3.8) is 0 Å². The zero-order chi connectivity index (χ0) is 12.3. The lowest BCUT2D eigenvalue weighted by Gasteiger charge is -2.05. The van der Waals surface area contributed by atoms with Crippen LogP contribution in [0.2, 0.25) is 5.02 Å². The molecular weight excluding hydrogens is 245 g/mol. The van der Waals surface area contributed by atoms with E-state index in [1.165, 1.54) is 24.4 Å². The average molecular weight is 252 g/mol. The number of ether oxygens (including phenoxy) is 1. The highest BCUT2D eigenvalue weighted by Crippen LogP contribution is 2.24. The molecule has 86 valence electrons. The molecular formula is C12H7ClFNO2. The molecule has 0 saturated heterocycles. The predicted octanol–water partition coefficient (Wildman–Crippen LogP) is 3.48. The summed E-state index contributed by atoms with van der Waals surface area (Å²) >= 11 is 5.65. The summed E-state index contributed by atoms with van der Waals surface area (Å²) in [4.78, 5) is 14.3. The molecule has 1 aromatic carbocycles. The largest absolute Gasteiger partial charge is 0.436 e. The number of benzene rings is 1. The first-order chi connectivity index (χ1) is 8.19. The Kier molecular flexibility index (Phi) is 3.35. The molecule has 0 unspecified atom stereocenters. The van der Waals surface area contributed by atoms with E-state index in [2.05, 4.69) is 4.98 Å². The second-order valence-corrected chi connectivity index (χ2v) is 3.66. The molecule has 0 aliphatic rings. The maximum absolute atomic E-state index is 13.5. The average Bonchev–Trinajstić information content (AvgIpc) is 2.34. The molecule has 2 aromatic rings. The molecule has 5 heteroatoms. The fourth-order valence-corrected chi connectivity index (χ4v) is 1.32. The van der Waals surface area contributed by atoms with E-state index >= 15 is 0 Å². The van der Waals surface area contributed by atoms with Gasteiger partial charge in [0.25, 0.3) is 0 Å². The quantitative estimate of drug-likeness (QED) is 0.784. The van der Waals surface area contributed by atoms with Crippen LogP contribution in [0.4, 0.5) is 4.39 Å². The summed E-state index contributed by atoms with van der Waals surface area (Å²) in [6.45, 7) is 0. The van der Waals surface area contributed by atoms with Gasteiger partial charge in [0, 0.05) is 17.8 Å². The fourth-order valence-electron chi connectivity index (χ4n) is 1.21. The number of aromatic nitrogens is 1. The number of hydrogen-bond acceptors (Lipinski definition) is 3. The Balaban J connectivity index is 2.24. The van der Waals surface area contributed by atoms with Gasteiger partial charge >= 0.3 is 0 Å². The summed E-state index contributed by atoms with van der Waals surface area (Å²) in [7, 11) is 0. The van der Waals surface area contributed by atoms with Crippen molar-refractivity contribution < 1.29 is 13.9 Å². The number of halogens is 2. The number of carbonyl (C=O) groups is 1. The number of rotatable bonds is 3. The first-order valence-corrected chi connectivity index (χ1v) is 5.11. The van der Waals surface area contributed by atoms with Crippen molar-refractivity contribution in [3.8, 4) is 11.6 Å². The van der Waals surface area contributed by atoms with E-state index in [-0.39, 0.29) is 17.2 Å². The molecule has 0 aliphatic carbocycles. The maximum Gasteiger partial charge on any atom is 0.219 e. The monoisotopic (exact) mass is 251 g/mol. The van der Waals surface area contributed by atoms with Crippen LogP contribution in [0, 0.1) is 5.82 Å². The van der Waals surface area contributed by atoms with Crippen LogP contribution >= 0.6 is 11.6 Å². The second-order valence-electron chi connectivity index (χ2n) is 3.22. The summed E-state index contributed by atoms with van der Waals surface area (Å²) in [5, 5.41) is 0.467. The number of nitrogens with zero attached hydrogens (tertiary/aromatic N) is 1. The van der Waals surface area contributed by atoms with Crippen LogP contribution in [-0.4, -0.2) is 11.3 Å². The molecule has 2 rings (SSSR count). The molecule has 1 heterocycles. The van der Waals surface area contributed by atoms with Crippen LogP contribution in [0.25, 0.3) is 0 Å². The highest BCUT2D eigenvalue weighted by Gasteiger charge is 2.06. The Labute approximate surface area is 102 Å². The van der Waals surface area contributed by atoms with Crippen LogP contribution in [0.5, 0.6) is 11.6 Å². The number of aldehydes is 1. The summed E-state index contributed by atoms with van der Waals surface area (Å²) < 4.78 is 18.7. The minimum absolute atomic E-state index is 0.00502. The maximum atomic E-state index is 13.5. The lowest BCUT2D eigenvalue weighted by molar-refractivity contribution is 0.112. The minimum Gasteiger partial charge on any atom is -0.436 e. The second kappa shape index (κ2) is 4.93. The minimum atomic E-state index is -0.619. The third-order valence-corrected chi connectivity index (χ3v) is 2.23. The van der Waals surface area contributed by atoms with Crippen molar-refractivity contribution in [1.29, 1.82) is 0 Å². The van der Waals surface area contributed by atoms with Crippen molar-refractivity contribution in [1.82, 2.24) is 4.98 Å². The van der Waals surface area contributed by atoms with Gasteiger partial charge in [-0.25, -0.2) is 9.37 Å². The Morgan fingerprint density at radius 3 is 2.71 bits per heavy atom. The highest BCUT2D eigenvalue weighted by molar-refractivity contribution is 6.30. The van der Waals surface area contributed by atoms with Crippen molar-refractivity contribution in [2.45, 2.75) is 0 Å². The standard InChI is InChI=1S/C12H7ClFNO2/c13-9-2-4-12(15-6-9)17-11-3-1-8(7-16)5-10(11)14/h1-7H. The third-order valence-electron chi connectivity index (χ3n) is 2.01. The lowest BCUT2D eigenvalue weighted by atomic mass is 10.2. The van der Waals surface area contributed by atoms with Gasteiger partial charge in [-0.1, -0.05) is 11.6 Å². The van der Waals surface area contributed by atoms with Gasteiger partial charge in [-0.3, -0.25) is 4.79 Å². The summed E-state index contributed by atoms with van der Waals surface area (Å²) in [5.74, 6) is -0.385. The first-order valence-electron chi connectivity index (χ1n) is 4.73. The topological polar surface area (TPSA) is 39.2 Å². The van der Waals surface area contributed by atoms with Crippen molar-refractivity contribution in [2.75, 3.05) is 0 Å². The van der Waals surface area contributed by atoms with Crippen LogP contribution in [0.15, 0.2) is 36.5 Å². The molecule has 17 heavy (non-hydrogen) atoms. The molecule has 0 radical (unpaired) electrons. The van der Waals surface area contributed by atoms with Crippen molar-refractivity contribution in [3.05, 3.63) is 52.9 Å². The lowest BCUT2D eigenvalue weighted by Crippen LogP contribution is -1.92. The van der Waals surface area contributed by atoms with Gasteiger partial charge in [0.2, 0.25) is 5.88 Å². The Morgan fingerprint density at radius 2 is 2.12 bits per heavy atom. The molecule has 0 fully saturated rings. The molecule has 0 saturated carbocycles. The third kappa shape index (κ3) is 2.79. The van der Waals surface area contributed by atoms with Crippen molar-refractivity contribution >= 4 is 17.9 Å². The van der Waals surface area contributed by atoms with Crippen molar-refractivity contribution in [2.24, 2.45) is 0 Å². The zero-order valence-corrected chi connectivity index (χ0v) is 9.32. The van der Waals surface area contributed by atoms with Gasteiger partial charge < -0.3 is 4.74 Å². The zero-order valence-electron chi connectivity index (χ0n) is 8.56. The van der Waals surface area contributed by atoms with Gasteiger partial charge in [0.15, 0.2) is 11.6 Å².